The fourth-order valence-corrected chi connectivity index (χ4v) is 5.16. The molecule has 8 heteroatoms. The van der Waals surface area contributed by atoms with Crippen molar-refractivity contribution in [2.45, 2.75) is 30.7 Å². The lowest BCUT2D eigenvalue weighted by Crippen LogP contribution is -2.32. The first-order valence-electron chi connectivity index (χ1n) is 10.8. The van der Waals surface area contributed by atoms with Crippen LogP contribution in [0.4, 0.5) is 0 Å². The summed E-state index contributed by atoms with van der Waals surface area (Å²) < 4.78 is 34.6. The molecular weight excluding hydrogens is 524 g/mol. The number of fused-ring (bicyclic) bond motifs is 1. The molecule has 1 aliphatic rings. The highest BCUT2D eigenvalue weighted by Gasteiger charge is 2.16. The molecule has 0 spiro atoms. The van der Waals surface area contributed by atoms with Crippen LogP contribution in [-0.2, 0) is 23.0 Å². The second kappa shape index (κ2) is 12.0. The molecule has 1 aliphatic heterocycles. The van der Waals surface area contributed by atoms with Crippen LogP contribution >= 0.6 is 28.3 Å². The lowest BCUT2D eigenvalue weighted by atomic mass is 10.00. The molecule has 0 fully saturated rings. The normalized spacial score (nSPS) is 13.7. The Morgan fingerprint density at radius 1 is 0.879 bits per heavy atom. The van der Waals surface area contributed by atoms with Crippen molar-refractivity contribution in [1.29, 1.82) is 0 Å². The molecule has 176 valence electrons. The lowest BCUT2D eigenvalue weighted by molar-refractivity contribution is 0.249. The topological polar surface area (TPSA) is 58.6 Å². The molecule has 3 aromatic rings. The molecule has 0 unspecified atom stereocenters. The number of benzene rings is 3. The maximum absolute atomic E-state index is 12.6. The van der Waals surface area contributed by atoms with Gasteiger partial charge in [0.1, 0.15) is 11.5 Å². The molecule has 0 atom stereocenters. The van der Waals surface area contributed by atoms with E-state index in [-0.39, 0.29) is 17.3 Å². The van der Waals surface area contributed by atoms with Crippen molar-refractivity contribution in [1.82, 2.24) is 9.62 Å². The third kappa shape index (κ3) is 7.29. The standard InChI is InChI=1S/C25H27BrN2O3S.ClH/c26-22-7-9-23(10-8-22)31-24-11-13-25(14-12-24)32(29,30)27-16-3-4-17-28-18-15-20-5-1-2-6-21(20)19-28;/h1-2,5-14,27H,3-4,15-19H2;1H. The highest BCUT2D eigenvalue weighted by atomic mass is 79.9. The second-order valence-corrected chi connectivity index (χ2v) is 10.6. The minimum absolute atomic E-state index is 0. The van der Waals surface area contributed by atoms with Gasteiger partial charge in [0.2, 0.25) is 10.0 Å². The number of hydrogen-bond acceptors (Lipinski definition) is 4. The average molecular weight is 552 g/mol. The third-order valence-electron chi connectivity index (χ3n) is 5.59. The number of nitrogens with one attached hydrogen (secondary N) is 1. The number of ether oxygens (including phenoxy) is 1. The van der Waals surface area contributed by atoms with Crippen LogP contribution in [0.25, 0.3) is 0 Å². The number of sulfonamides is 1. The monoisotopic (exact) mass is 550 g/mol. The third-order valence-corrected chi connectivity index (χ3v) is 7.59. The minimum atomic E-state index is -3.53. The smallest absolute Gasteiger partial charge is 0.240 e. The minimum Gasteiger partial charge on any atom is -0.457 e. The van der Waals surface area contributed by atoms with E-state index in [4.69, 9.17) is 4.74 Å². The maximum atomic E-state index is 12.6. The first-order chi connectivity index (χ1) is 15.5. The Labute approximate surface area is 210 Å². The fourth-order valence-electron chi connectivity index (χ4n) is 3.82. The molecule has 1 N–H and O–H groups in total. The van der Waals surface area contributed by atoms with Crippen LogP contribution in [-0.4, -0.2) is 33.0 Å². The molecule has 0 aliphatic carbocycles. The van der Waals surface area contributed by atoms with E-state index < -0.39 is 10.0 Å². The Balaban J connectivity index is 0.00000306. The van der Waals surface area contributed by atoms with Crippen molar-refractivity contribution < 1.29 is 13.2 Å². The molecule has 1 heterocycles. The second-order valence-electron chi connectivity index (χ2n) is 7.93. The van der Waals surface area contributed by atoms with E-state index in [0.29, 0.717) is 18.0 Å². The van der Waals surface area contributed by atoms with Crippen LogP contribution in [0.1, 0.15) is 24.0 Å². The highest BCUT2D eigenvalue weighted by Crippen LogP contribution is 2.24. The highest BCUT2D eigenvalue weighted by molar-refractivity contribution is 9.10. The summed E-state index contributed by atoms with van der Waals surface area (Å²) in [5, 5.41) is 0. The summed E-state index contributed by atoms with van der Waals surface area (Å²) in [4.78, 5) is 2.69. The molecule has 0 aromatic heterocycles. The molecule has 4 rings (SSSR count). The SMILES string of the molecule is Cl.O=S(=O)(NCCCCN1CCc2ccccc2C1)c1ccc(Oc2ccc(Br)cc2)cc1. The fraction of sp³-hybridized carbons (Fsp3) is 0.280. The van der Waals surface area contributed by atoms with Crippen LogP contribution < -0.4 is 9.46 Å². The van der Waals surface area contributed by atoms with E-state index >= 15 is 0 Å². The largest absolute Gasteiger partial charge is 0.457 e. The van der Waals surface area contributed by atoms with Crippen molar-refractivity contribution in [2.75, 3.05) is 19.6 Å². The Hall–Kier alpha value is -1.90. The zero-order valence-corrected chi connectivity index (χ0v) is 21.5. The quantitative estimate of drug-likeness (QED) is 0.343. The van der Waals surface area contributed by atoms with Crippen molar-refractivity contribution >= 4 is 38.4 Å². The molecular formula is C25H28BrClN2O3S. The molecule has 3 aromatic carbocycles. The van der Waals surface area contributed by atoms with Gasteiger partial charge in [-0.2, -0.15) is 0 Å². The number of nitrogens with zero attached hydrogens (tertiary/aromatic N) is 1. The summed E-state index contributed by atoms with van der Waals surface area (Å²) >= 11 is 3.39. The summed E-state index contributed by atoms with van der Waals surface area (Å²) in [5.74, 6) is 1.29. The van der Waals surface area contributed by atoms with Gasteiger partial charge in [0.25, 0.3) is 0 Å². The van der Waals surface area contributed by atoms with Gasteiger partial charge in [-0.15, -0.1) is 12.4 Å². The van der Waals surface area contributed by atoms with Crippen LogP contribution in [0.5, 0.6) is 11.5 Å². The summed E-state index contributed by atoms with van der Waals surface area (Å²) in [5.41, 5.74) is 2.86. The van der Waals surface area contributed by atoms with Gasteiger partial charge in [-0.3, -0.25) is 4.90 Å². The molecule has 0 saturated carbocycles. The first kappa shape index (κ1) is 25.7. The predicted molar refractivity (Wildman–Crippen MR) is 138 cm³/mol. The van der Waals surface area contributed by atoms with E-state index in [0.717, 1.165) is 43.4 Å². The van der Waals surface area contributed by atoms with Gasteiger partial charge in [0, 0.05) is 24.1 Å². The molecule has 0 saturated heterocycles. The Bertz CT molecular complexity index is 1140. The average Bonchev–Trinajstić information content (AvgIpc) is 2.80. The van der Waals surface area contributed by atoms with Crippen molar-refractivity contribution in [2.24, 2.45) is 0 Å². The van der Waals surface area contributed by atoms with Crippen LogP contribution in [0.15, 0.2) is 82.2 Å². The van der Waals surface area contributed by atoms with E-state index in [1.807, 2.05) is 24.3 Å². The van der Waals surface area contributed by atoms with Crippen LogP contribution in [0.3, 0.4) is 0 Å². The van der Waals surface area contributed by atoms with Gasteiger partial charge in [0.15, 0.2) is 0 Å². The number of rotatable bonds is 9. The zero-order valence-electron chi connectivity index (χ0n) is 18.2. The van der Waals surface area contributed by atoms with Crippen molar-refractivity contribution in [3.05, 3.63) is 88.4 Å². The van der Waals surface area contributed by atoms with Gasteiger partial charge in [0.05, 0.1) is 4.90 Å². The summed E-state index contributed by atoms with van der Waals surface area (Å²) in [6, 6.07) is 22.6. The van der Waals surface area contributed by atoms with Gasteiger partial charge in [-0.05, 0) is 85.5 Å². The van der Waals surface area contributed by atoms with Gasteiger partial charge < -0.3 is 4.74 Å². The van der Waals surface area contributed by atoms with E-state index in [1.165, 1.54) is 11.1 Å². The lowest BCUT2D eigenvalue weighted by Gasteiger charge is -2.28. The van der Waals surface area contributed by atoms with Crippen molar-refractivity contribution in [3.8, 4) is 11.5 Å². The van der Waals surface area contributed by atoms with Gasteiger partial charge in [-0.25, -0.2) is 13.1 Å². The molecule has 33 heavy (non-hydrogen) atoms. The summed E-state index contributed by atoms with van der Waals surface area (Å²) in [6.07, 6.45) is 2.86. The van der Waals surface area contributed by atoms with Crippen LogP contribution in [0.2, 0.25) is 0 Å². The Morgan fingerprint density at radius 3 is 2.21 bits per heavy atom. The molecule has 0 bridgehead atoms. The van der Waals surface area contributed by atoms with Gasteiger partial charge >= 0.3 is 0 Å². The maximum Gasteiger partial charge on any atom is 0.240 e. The van der Waals surface area contributed by atoms with Gasteiger partial charge in [-0.1, -0.05) is 40.2 Å². The zero-order chi connectivity index (χ0) is 22.4. The van der Waals surface area contributed by atoms with Crippen LogP contribution in [0, 0.1) is 0 Å². The van der Waals surface area contributed by atoms with E-state index in [2.05, 4.69) is 49.8 Å². The molecule has 0 amide bonds. The number of hydrogen-bond donors (Lipinski definition) is 1. The Kier molecular flexibility index (Phi) is 9.35. The predicted octanol–water partition coefficient (Wildman–Crippen LogP) is 5.78. The summed E-state index contributed by atoms with van der Waals surface area (Å²) in [6.45, 7) is 3.47. The van der Waals surface area contributed by atoms with E-state index in [1.54, 1.807) is 24.3 Å². The number of halogens is 2. The molecule has 5 nitrogen and oxygen atoms in total. The van der Waals surface area contributed by atoms with Crippen molar-refractivity contribution in [3.63, 3.8) is 0 Å². The van der Waals surface area contributed by atoms with E-state index in [9.17, 15) is 8.42 Å². The molecule has 0 radical (unpaired) electrons. The summed E-state index contributed by atoms with van der Waals surface area (Å²) in [7, 11) is -3.53. The number of unbranched alkanes of at least 4 members (excludes halogenated alkanes) is 1. The first-order valence-corrected chi connectivity index (χ1v) is 13.1. The Morgan fingerprint density at radius 2 is 1.52 bits per heavy atom.